The zero-order valence-corrected chi connectivity index (χ0v) is 14.7. The molecule has 0 bridgehead atoms. The summed E-state index contributed by atoms with van der Waals surface area (Å²) in [6, 6.07) is 15.2. The normalized spacial score (nSPS) is 12.6. The number of thiazole rings is 1. The molecule has 1 N–H and O–H groups in total. The first kappa shape index (κ1) is 16.9. The molecule has 0 aliphatic rings. The number of carboxylic acids is 1. The standard InChI is InChI=1S/C18H17N3O3S/c1-12(13-7-9-14(24-2)10-8-13)19-20-18-21(11-17(22)23)15-5-3-4-6-16(15)25-18/h3-10H,11H2,1-2H3,(H,22,23)/b19-12+,20-18+. The van der Waals surface area contributed by atoms with Crippen molar-refractivity contribution >= 4 is 33.2 Å². The van der Waals surface area contributed by atoms with Gasteiger partial charge >= 0.3 is 5.97 Å². The molecule has 0 unspecified atom stereocenters. The maximum atomic E-state index is 11.2. The van der Waals surface area contributed by atoms with Crippen LogP contribution in [-0.2, 0) is 11.3 Å². The van der Waals surface area contributed by atoms with Crippen molar-refractivity contribution in [3.8, 4) is 5.75 Å². The molecule has 0 aliphatic heterocycles. The van der Waals surface area contributed by atoms with E-state index in [9.17, 15) is 4.79 Å². The first-order valence-corrected chi connectivity index (χ1v) is 8.43. The van der Waals surface area contributed by atoms with E-state index in [1.54, 1.807) is 11.7 Å². The molecule has 0 saturated carbocycles. The molecule has 0 radical (unpaired) electrons. The van der Waals surface area contributed by atoms with E-state index >= 15 is 0 Å². The van der Waals surface area contributed by atoms with Gasteiger partial charge in [0.25, 0.3) is 0 Å². The molecule has 0 fully saturated rings. The molecule has 128 valence electrons. The number of aliphatic carboxylic acids is 1. The van der Waals surface area contributed by atoms with Crippen LogP contribution in [-0.4, -0.2) is 28.5 Å². The van der Waals surface area contributed by atoms with Crippen molar-refractivity contribution in [1.82, 2.24) is 4.57 Å². The molecular weight excluding hydrogens is 338 g/mol. The van der Waals surface area contributed by atoms with E-state index in [1.165, 1.54) is 11.3 Å². The number of carbonyl (C=O) groups is 1. The Morgan fingerprint density at radius 3 is 2.60 bits per heavy atom. The third kappa shape index (κ3) is 3.77. The minimum atomic E-state index is -0.916. The first-order chi connectivity index (χ1) is 12.1. The van der Waals surface area contributed by atoms with Gasteiger partial charge in [-0.2, -0.15) is 5.10 Å². The van der Waals surface area contributed by atoms with Gasteiger partial charge in [-0.25, -0.2) is 0 Å². The average Bonchev–Trinajstić information content (AvgIpc) is 2.97. The van der Waals surface area contributed by atoms with Gasteiger partial charge in [0.15, 0.2) is 0 Å². The summed E-state index contributed by atoms with van der Waals surface area (Å²) in [4.78, 5) is 11.7. The number of fused-ring (bicyclic) bond motifs is 1. The van der Waals surface area contributed by atoms with Crippen molar-refractivity contribution in [2.45, 2.75) is 13.5 Å². The van der Waals surface area contributed by atoms with E-state index in [0.29, 0.717) is 4.80 Å². The molecule has 0 aliphatic carbocycles. The maximum absolute atomic E-state index is 11.2. The predicted octanol–water partition coefficient (Wildman–Crippen LogP) is 3.12. The number of methoxy groups -OCH3 is 1. The lowest BCUT2D eigenvalue weighted by Crippen LogP contribution is -2.19. The van der Waals surface area contributed by atoms with Crippen LogP contribution in [0.2, 0.25) is 0 Å². The van der Waals surface area contributed by atoms with Crippen molar-refractivity contribution in [2.75, 3.05) is 7.11 Å². The number of hydrogen-bond acceptors (Lipinski definition) is 5. The average molecular weight is 355 g/mol. The number of rotatable bonds is 5. The number of carboxylic acid groups (broad SMARTS) is 1. The zero-order chi connectivity index (χ0) is 17.8. The maximum Gasteiger partial charge on any atom is 0.323 e. The lowest BCUT2D eigenvalue weighted by Gasteiger charge is -2.02. The minimum Gasteiger partial charge on any atom is -0.497 e. The summed E-state index contributed by atoms with van der Waals surface area (Å²) in [7, 11) is 1.62. The van der Waals surface area contributed by atoms with Crippen molar-refractivity contribution in [2.24, 2.45) is 10.2 Å². The molecule has 1 heterocycles. The van der Waals surface area contributed by atoms with E-state index in [-0.39, 0.29) is 6.54 Å². The van der Waals surface area contributed by atoms with Gasteiger partial charge in [0, 0.05) is 0 Å². The fourth-order valence-electron chi connectivity index (χ4n) is 2.39. The molecule has 7 heteroatoms. The van der Waals surface area contributed by atoms with E-state index in [2.05, 4.69) is 10.2 Å². The molecule has 25 heavy (non-hydrogen) atoms. The first-order valence-electron chi connectivity index (χ1n) is 7.61. The van der Waals surface area contributed by atoms with Crippen LogP contribution in [0.5, 0.6) is 5.75 Å². The van der Waals surface area contributed by atoms with Crippen LogP contribution in [0.1, 0.15) is 12.5 Å². The number of hydrogen-bond donors (Lipinski definition) is 1. The molecule has 3 aromatic rings. The third-order valence-electron chi connectivity index (χ3n) is 3.67. The topological polar surface area (TPSA) is 76.2 Å². The van der Waals surface area contributed by atoms with Gasteiger partial charge in [-0.3, -0.25) is 4.79 Å². The molecule has 1 aromatic heterocycles. The third-order valence-corrected chi connectivity index (χ3v) is 4.72. The monoisotopic (exact) mass is 355 g/mol. The van der Waals surface area contributed by atoms with E-state index in [4.69, 9.17) is 9.84 Å². The molecule has 0 amide bonds. The fourth-order valence-corrected chi connectivity index (χ4v) is 3.37. The molecule has 0 atom stereocenters. The Labute approximate surface area is 148 Å². The second kappa shape index (κ2) is 7.31. The second-order valence-electron chi connectivity index (χ2n) is 5.35. The minimum absolute atomic E-state index is 0.153. The van der Waals surface area contributed by atoms with Gasteiger partial charge < -0.3 is 14.4 Å². The number of aromatic nitrogens is 1. The van der Waals surface area contributed by atoms with Gasteiger partial charge in [-0.05, 0) is 48.9 Å². The summed E-state index contributed by atoms with van der Waals surface area (Å²) >= 11 is 1.42. The van der Waals surface area contributed by atoms with E-state index in [1.807, 2.05) is 55.5 Å². The van der Waals surface area contributed by atoms with Crippen LogP contribution in [0, 0.1) is 0 Å². The summed E-state index contributed by atoms with van der Waals surface area (Å²) in [5.74, 6) is -0.141. The van der Waals surface area contributed by atoms with Crippen molar-refractivity contribution in [3.63, 3.8) is 0 Å². The highest BCUT2D eigenvalue weighted by molar-refractivity contribution is 7.16. The van der Waals surface area contributed by atoms with Gasteiger partial charge in [0.2, 0.25) is 4.80 Å². The highest BCUT2D eigenvalue weighted by Gasteiger charge is 2.08. The molecule has 3 rings (SSSR count). The Bertz CT molecular complexity index is 1000. The van der Waals surface area contributed by atoms with E-state index in [0.717, 1.165) is 27.2 Å². The van der Waals surface area contributed by atoms with Crippen molar-refractivity contribution in [3.05, 3.63) is 58.9 Å². The fraction of sp³-hybridized carbons (Fsp3) is 0.167. The lowest BCUT2D eigenvalue weighted by atomic mass is 10.1. The van der Waals surface area contributed by atoms with Crippen LogP contribution in [0.4, 0.5) is 0 Å². The summed E-state index contributed by atoms with van der Waals surface area (Å²) in [5, 5.41) is 17.7. The second-order valence-corrected chi connectivity index (χ2v) is 6.36. The van der Waals surface area contributed by atoms with Crippen LogP contribution in [0.15, 0.2) is 58.7 Å². The van der Waals surface area contributed by atoms with Gasteiger partial charge in [0.1, 0.15) is 12.3 Å². The number of para-hydroxylation sites is 1. The molecule has 2 aromatic carbocycles. The number of benzene rings is 2. The van der Waals surface area contributed by atoms with Crippen LogP contribution < -0.4 is 9.54 Å². The SMILES string of the molecule is COc1ccc(/C(C)=N/N=c2/sc3ccccc3n2CC(=O)O)cc1. The predicted molar refractivity (Wildman–Crippen MR) is 98.2 cm³/mol. The van der Waals surface area contributed by atoms with Crippen molar-refractivity contribution in [1.29, 1.82) is 0 Å². The molecule has 0 saturated heterocycles. The van der Waals surface area contributed by atoms with Crippen LogP contribution in [0.3, 0.4) is 0 Å². The van der Waals surface area contributed by atoms with E-state index < -0.39 is 5.97 Å². The molecule has 6 nitrogen and oxygen atoms in total. The Kier molecular flexibility index (Phi) is 4.95. The summed E-state index contributed by atoms with van der Waals surface area (Å²) in [6.45, 7) is 1.71. The highest BCUT2D eigenvalue weighted by Crippen LogP contribution is 2.17. The Morgan fingerprint density at radius 2 is 1.92 bits per heavy atom. The summed E-state index contributed by atoms with van der Waals surface area (Å²) in [5.41, 5.74) is 2.50. The zero-order valence-electron chi connectivity index (χ0n) is 13.8. The lowest BCUT2D eigenvalue weighted by molar-refractivity contribution is -0.137. The highest BCUT2D eigenvalue weighted by atomic mass is 32.1. The van der Waals surface area contributed by atoms with Gasteiger partial charge in [-0.15, -0.1) is 5.10 Å². The summed E-state index contributed by atoms with van der Waals surface area (Å²) in [6.07, 6.45) is 0. The van der Waals surface area contributed by atoms with Crippen LogP contribution >= 0.6 is 11.3 Å². The number of nitrogens with zero attached hydrogens (tertiary/aromatic N) is 3. The Balaban J connectivity index is 2.03. The quantitative estimate of drug-likeness (QED) is 0.564. The Morgan fingerprint density at radius 1 is 1.20 bits per heavy atom. The largest absolute Gasteiger partial charge is 0.497 e. The number of ether oxygens (including phenoxy) is 1. The van der Waals surface area contributed by atoms with Gasteiger partial charge in [-0.1, -0.05) is 23.5 Å². The van der Waals surface area contributed by atoms with Gasteiger partial charge in [0.05, 0.1) is 23.0 Å². The summed E-state index contributed by atoms with van der Waals surface area (Å²) < 4.78 is 7.78. The Hall–Kier alpha value is -2.93. The molecule has 0 spiro atoms. The van der Waals surface area contributed by atoms with Crippen molar-refractivity contribution < 1.29 is 14.6 Å². The van der Waals surface area contributed by atoms with Crippen LogP contribution in [0.25, 0.3) is 10.2 Å². The smallest absolute Gasteiger partial charge is 0.323 e. The molecular formula is C18H17N3O3S.